The van der Waals surface area contributed by atoms with Crippen molar-refractivity contribution in [3.05, 3.63) is 29.6 Å². The molecule has 1 aromatic rings. The van der Waals surface area contributed by atoms with Crippen molar-refractivity contribution in [2.75, 3.05) is 39.4 Å². The Bertz CT molecular complexity index is 868. The molecule has 33 heavy (non-hydrogen) atoms. The highest BCUT2D eigenvalue weighted by Gasteiger charge is 2.51. The van der Waals surface area contributed by atoms with Crippen molar-refractivity contribution in [3.8, 4) is 5.75 Å². The molecule has 4 fully saturated rings. The molecular formula is C26H37FN2O4. The second-order valence-corrected chi connectivity index (χ2v) is 11.5. The van der Waals surface area contributed by atoms with Crippen molar-refractivity contribution in [3.63, 3.8) is 0 Å². The number of hydrogen-bond donors (Lipinski definition) is 0. The van der Waals surface area contributed by atoms with E-state index in [0.29, 0.717) is 30.9 Å². The summed E-state index contributed by atoms with van der Waals surface area (Å²) in [6, 6.07) is 5.60. The Morgan fingerprint density at radius 2 is 1.88 bits per heavy atom. The van der Waals surface area contributed by atoms with Gasteiger partial charge >= 0.3 is 6.09 Å². The maximum atomic E-state index is 13.9. The third kappa shape index (κ3) is 4.99. The largest absolute Gasteiger partial charge is 0.485 e. The van der Waals surface area contributed by atoms with Gasteiger partial charge in [-0.25, -0.2) is 9.18 Å². The predicted octanol–water partition coefficient (Wildman–Crippen LogP) is 4.57. The summed E-state index contributed by atoms with van der Waals surface area (Å²) in [7, 11) is 0. The van der Waals surface area contributed by atoms with Gasteiger partial charge < -0.3 is 24.0 Å². The van der Waals surface area contributed by atoms with Crippen molar-refractivity contribution in [1.82, 2.24) is 9.80 Å². The molecule has 1 aliphatic carbocycles. The van der Waals surface area contributed by atoms with Gasteiger partial charge in [-0.1, -0.05) is 6.07 Å². The SMILES string of the molecule is CC(C)(C)OC(=O)N1CC2(CC[C@@H](N3CCC(c4ccc(F)cc4OC4COC4)CC3)C2)C1. The molecule has 0 bridgehead atoms. The normalized spacial score (nSPS) is 26.2. The van der Waals surface area contributed by atoms with Crippen molar-refractivity contribution >= 4 is 6.09 Å². The molecule has 1 spiro atoms. The lowest BCUT2D eigenvalue weighted by molar-refractivity contribution is -0.0802. The second kappa shape index (κ2) is 8.73. The average Bonchev–Trinajstić information content (AvgIpc) is 3.15. The van der Waals surface area contributed by atoms with Gasteiger partial charge in [0.1, 0.15) is 23.3 Å². The van der Waals surface area contributed by atoms with Gasteiger partial charge in [0.2, 0.25) is 0 Å². The lowest BCUT2D eigenvalue weighted by Gasteiger charge is -2.48. The van der Waals surface area contributed by atoms with E-state index >= 15 is 0 Å². The summed E-state index contributed by atoms with van der Waals surface area (Å²) in [5.41, 5.74) is 0.975. The monoisotopic (exact) mass is 460 g/mol. The molecule has 1 aromatic carbocycles. The molecule has 0 N–H and O–H groups in total. The highest BCUT2D eigenvalue weighted by molar-refractivity contribution is 5.69. The molecule has 1 saturated carbocycles. The van der Waals surface area contributed by atoms with Crippen LogP contribution in [0.3, 0.4) is 0 Å². The summed E-state index contributed by atoms with van der Waals surface area (Å²) in [4.78, 5) is 16.8. The van der Waals surface area contributed by atoms with Gasteiger partial charge in [0, 0.05) is 30.6 Å². The molecule has 6 nitrogen and oxygen atoms in total. The number of ether oxygens (including phenoxy) is 3. The molecule has 3 aliphatic heterocycles. The Labute approximate surface area is 196 Å². The topological polar surface area (TPSA) is 51.2 Å². The lowest BCUT2D eigenvalue weighted by atomic mass is 9.78. The van der Waals surface area contributed by atoms with Crippen LogP contribution in [-0.4, -0.2) is 73.0 Å². The van der Waals surface area contributed by atoms with Crippen LogP contribution in [-0.2, 0) is 9.47 Å². The Kier molecular flexibility index (Phi) is 6.06. The molecule has 1 atom stereocenters. The first-order valence-corrected chi connectivity index (χ1v) is 12.5. The van der Waals surface area contributed by atoms with Crippen LogP contribution >= 0.6 is 0 Å². The molecular weight excluding hydrogens is 423 g/mol. The average molecular weight is 461 g/mol. The summed E-state index contributed by atoms with van der Waals surface area (Å²) in [6.45, 7) is 10.7. The first kappa shape index (κ1) is 22.9. The van der Waals surface area contributed by atoms with Crippen LogP contribution in [0.4, 0.5) is 9.18 Å². The third-order valence-electron chi connectivity index (χ3n) is 7.74. The number of rotatable bonds is 4. The van der Waals surface area contributed by atoms with Crippen molar-refractivity contribution in [2.24, 2.45) is 5.41 Å². The summed E-state index contributed by atoms with van der Waals surface area (Å²) in [6.07, 6.45) is 5.57. The number of hydrogen-bond acceptors (Lipinski definition) is 5. The molecule has 7 heteroatoms. The molecule has 0 aromatic heterocycles. The molecule has 5 rings (SSSR count). The molecule has 3 heterocycles. The molecule has 0 unspecified atom stereocenters. The van der Waals surface area contributed by atoms with Crippen LogP contribution in [0.1, 0.15) is 64.4 Å². The van der Waals surface area contributed by atoms with Gasteiger partial charge in [0.15, 0.2) is 0 Å². The highest BCUT2D eigenvalue weighted by atomic mass is 19.1. The van der Waals surface area contributed by atoms with Gasteiger partial charge in [0.05, 0.1) is 13.2 Å². The first-order chi connectivity index (χ1) is 15.7. The Hall–Kier alpha value is -1.86. The number of halogens is 1. The number of nitrogens with zero attached hydrogens (tertiary/aromatic N) is 2. The quantitative estimate of drug-likeness (QED) is 0.659. The van der Waals surface area contributed by atoms with E-state index in [9.17, 15) is 9.18 Å². The fourth-order valence-corrected chi connectivity index (χ4v) is 5.98. The highest BCUT2D eigenvalue weighted by Crippen LogP contribution is 2.48. The fraction of sp³-hybridized carbons (Fsp3) is 0.731. The van der Waals surface area contributed by atoms with E-state index in [2.05, 4.69) is 4.90 Å². The maximum Gasteiger partial charge on any atom is 0.410 e. The van der Waals surface area contributed by atoms with E-state index in [1.165, 1.54) is 25.3 Å². The summed E-state index contributed by atoms with van der Waals surface area (Å²) < 4.78 is 30.6. The van der Waals surface area contributed by atoms with E-state index in [1.807, 2.05) is 31.7 Å². The molecule has 3 saturated heterocycles. The Morgan fingerprint density at radius 1 is 1.15 bits per heavy atom. The number of benzene rings is 1. The standard InChI is InChI=1S/C26H37FN2O4/c1-25(2,3)33-24(30)29-16-26(17-29)9-6-20(13-26)28-10-7-18(8-11-28)22-5-4-19(27)12-23(22)32-21-14-31-15-21/h4-5,12,18,20-21H,6-11,13-17H2,1-3H3/t20-/m1/s1. The zero-order chi connectivity index (χ0) is 23.2. The van der Waals surface area contributed by atoms with Crippen LogP contribution in [0.5, 0.6) is 5.75 Å². The van der Waals surface area contributed by atoms with Gasteiger partial charge in [-0.2, -0.15) is 0 Å². The van der Waals surface area contributed by atoms with E-state index in [4.69, 9.17) is 14.2 Å². The van der Waals surface area contributed by atoms with E-state index < -0.39 is 5.60 Å². The van der Waals surface area contributed by atoms with Crippen molar-refractivity contribution in [2.45, 2.75) is 76.5 Å². The van der Waals surface area contributed by atoms with E-state index in [-0.39, 0.29) is 23.4 Å². The van der Waals surface area contributed by atoms with Gasteiger partial charge in [-0.05, 0) is 83.5 Å². The minimum absolute atomic E-state index is 0.0445. The molecule has 182 valence electrons. The first-order valence-electron chi connectivity index (χ1n) is 12.5. The minimum atomic E-state index is -0.441. The lowest BCUT2D eigenvalue weighted by Crippen LogP contribution is -2.58. The Balaban J connectivity index is 1.13. The molecule has 4 aliphatic rings. The third-order valence-corrected chi connectivity index (χ3v) is 7.74. The van der Waals surface area contributed by atoms with Gasteiger partial charge in [0.25, 0.3) is 0 Å². The maximum absolute atomic E-state index is 13.9. The van der Waals surface area contributed by atoms with Gasteiger partial charge in [-0.3, -0.25) is 0 Å². The molecule has 1 amide bonds. The molecule has 0 radical (unpaired) electrons. The van der Waals surface area contributed by atoms with Crippen LogP contribution in [0, 0.1) is 11.2 Å². The van der Waals surface area contributed by atoms with Crippen LogP contribution in [0.25, 0.3) is 0 Å². The van der Waals surface area contributed by atoms with Crippen molar-refractivity contribution in [1.29, 1.82) is 0 Å². The zero-order valence-corrected chi connectivity index (χ0v) is 20.1. The predicted molar refractivity (Wildman–Crippen MR) is 123 cm³/mol. The number of likely N-dealkylation sites (tertiary alicyclic amines) is 2. The zero-order valence-electron chi connectivity index (χ0n) is 20.1. The van der Waals surface area contributed by atoms with E-state index in [1.54, 1.807) is 6.07 Å². The number of amides is 1. The van der Waals surface area contributed by atoms with Crippen LogP contribution < -0.4 is 4.74 Å². The number of carbonyl (C=O) groups is 1. The fourth-order valence-electron chi connectivity index (χ4n) is 5.98. The van der Waals surface area contributed by atoms with E-state index in [0.717, 1.165) is 44.6 Å². The van der Waals surface area contributed by atoms with Crippen LogP contribution in [0.2, 0.25) is 0 Å². The summed E-state index contributed by atoms with van der Waals surface area (Å²) in [5.74, 6) is 0.849. The van der Waals surface area contributed by atoms with Crippen LogP contribution in [0.15, 0.2) is 18.2 Å². The Morgan fingerprint density at radius 3 is 2.52 bits per heavy atom. The van der Waals surface area contributed by atoms with Gasteiger partial charge in [-0.15, -0.1) is 0 Å². The summed E-state index contributed by atoms with van der Waals surface area (Å²) >= 11 is 0. The van der Waals surface area contributed by atoms with Crippen molar-refractivity contribution < 1.29 is 23.4 Å². The smallest absolute Gasteiger partial charge is 0.410 e. The summed E-state index contributed by atoms with van der Waals surface area (Å²) in [5, 5.41) is 0. The minimum Gasteiger partial charge on any atom is -0.485 e. The number of carbonyl (C=O) groups excluding carboxylic acids is 1. The second-order valence-electron chi connectivity index (χ2n) is 11.5. The number of piperidine rings is 1.